The van der Waals surface area contributed by atoms with E-state index < -0.39 is 0 Å². The molecular weight excluding hydrogens is 188 g/mol. The minimum atomic E-state index is -0.262. The van der Waals surface area contributed by atoms with E-state index in [1.807, 2.05) is 6.92 Å². The second-order valence-electron chi connectivity index (χ2n) is 4.83. The van der Waals surface area contributed by atoms with Gasteiger partial charge >= 0.3 is 0 Å². The Kier molecular flexibility index (Phi) is 4.58. The Morgan fingerprint density at radius 1 is 1.40 bits per heavy atom. The molecule has 1 fully saturated rings. The van der Waals surface area contributed by atoms with Crippen LogP contribution >= 0.6 is 0 Å². The Morgan fingerprint density at radius 3 is 2.47 bits per heavy atom. The molecule has 0 radical (unpaired) electrons. The van der Waals surface area contributed by atoms with Crippen molar-refractivity contribution < 1.29 is 4.79 Å². The smallest absolute Gasteiger partial charge is 0.227 e. The van der Waals surface area contributed by atoms with Crippen molar-refractivity contribution >= 4 is 5.91 Å². The first-order chi connectivity index (χ1) is 7.14. The number of carbonyl (C=O) groups is 1. The van der Waals surface area contributed by atoms with Gasteiger partial charge in [0.1, 0.15) is 0 Å². The molecule has 1 aliphatic carbocycles. The van der Waals surface area contributed by atoms with Crippen molar-refractivity contribution in [3.05, 3.63) is 0 Å². The number of nitrogens with one attached hydrogen (secondary N) is 1. The molecule has 0 heterocycles. The summed E-state index contributed by atoms with van der Waals surface area (Å²) in [6.45, 7) is 4.63. The Labute approximate surface area is 92.8 Å². The Balaban J connectivity index is 2.59. The van der Waals surface area contributed by atoms with E-state index in [9.17, 15) is 4.79 Å². The van der Waals surface area contributed by atoms with Crippen LogP contribution in [0.3, 0.4) is 0 Å². The van der Waals surface area contributed by atoms with E-state index in [2.05, 4.69) is 12.2 Å². The van der Waals surface area contributed by atoms with Gasteiger partial charge in [-0.2, -0.15) is 0 Å². The highest BCUT2D eigenvalue weighted by Crippen LogP contribution is 2.35. The summed E-state index contributed by atoms with van der Waals surface area (Å²) in [5.41, 5.74) is 5.53. The van der Waals surface area contributed by atoms with Gasteiger partial charge in [0.05, 0.1) is 5.41 Å². The van der Waals surface area contributed by atoms with Crippen LogP contribution < -0.4 is 11.1 Å². The monoisotopic (exact) mass is 212 g/mol. The van der Waals surface area contributed by atoms with Gasteiger partial charge in [-0.3, -0.25) is 4.79 Å². The van der Waals surface area contributed by atoms with Gasteiger partial charge in [-0.05, 0) is 26.2 Å². The molecule has 0 bridgehead atoms. The van der Waals surface area contributed by atoms with Gasteiger partial charge in [-0.1, -0.05) is 26.2 Å². The molecular formula is C12H24N2O. The Bertz CT molecular complexity index is 210. The maximum atomic E-state index is 12.1. The van der Waals surface area contributed by atoms with Crippen LogP contribution in [0.1, 0.15) is 52.4 Å². The van der Waals surface area contributed by atoms with E-state index in [-0.39, 0.29) is 17.4 Å². The minimum absolute atomic E-state index is 0.180. The fourth-order valence-electron chi connectivity index (χ4n) is 2.23. The predicted molar refractivity (Wildman–Crippen MR) is 62.5 cm³/mol. The lowest BCUT2D eigenvalue weighted by Gasteiger charge is -2.35. The SMILES string of the molecule is CCC(C)NC(=O)C1(CN)CCCCC1. The molecule has 0 aliphatic heterocycles. The fraction of sp³-hybridized carbons (Fsp3) is 0.917. The second-order valence-corrected chi connectivity index (χ2v) is 4.83. The summed E-state index contributed by atoms with van der Waals surface area (Å²) in [5, 5.41) is 3.07. The fourth-order valence-corrected chi connectivity index (χ4v) is 2.23. The minimum Gasteiger partial charge on any atom is -0.353 e. The zero-order valence-corrected chi connectivity index (χ0v) is 10.0. The lowest BCUT2D eigenvalue weighted by molar-refractivity contribution is -0.133. The molecule has 0 saturated heterocycles. The molecule has 1 amide bonds. The Hall–Kier alpha value is -0.570. The van der Waals surface area contributed by atoms with E-state index in [1.54, 1.807) is 0 Å². The van der Waals surface area contributed by atoms with E-state index in [1.165, 1.54) is 6.42 Å². The molecule has 3 N–H and O–H groups in total. The molecule has 0 spiro atoms. The summed E-state index contributed by atoms with van der Waals surface area (Å²) < 4.78 is 0. The van der Waals surface area contributed by atoms with Crippen LogP contribution in [0.4, 0.5) is 0 Å². The van der Waals surface area contributed by atoms with E-state index in [4.69, 9.17) is 5.73 Å². The normalized spacial score (nSPS) is 22.1. The van der Waals surface area contributed by atoms with Gasteiger partial charge in [0, 0.05) is 12.6 Å². The summed E-state index contributed by atoms with van der Waals surface area (Å²) in [6, 6.07) is 0.267. The van der Waals surface area contributed by atoms with E-state index in [0.717, 1.165) is 32.1 Å². The van der Waals surface area contributed by atoms with Crippen LogP contribution in [-0.4, -0.2) is 18.5 Å². The summed E-state index contributed by atoms with van der Waals surface area (Å²) in [7, 11) is 0. The topological polar surface area (TPSA) is 55.1 Å². The van der Waals surface area contributed by atoms with Gasteiger partial charge in [-0.25, -0.2) is 0 Å². The second kappa shape index (κ2) is 5.50. The number of rotatable bonds is 4. The van der Waals surface area contributed by atoms with Crippen molar-refractivity contribution in [2.45, 2.75) is 58.4 Å². The number of nitrogens with two attached hydrogens (primary N) is 1. The lowest BCUT2D eigenvalue weighted by atomic mass is 9.73. The van der Waals surface area contributed by atoms with Crippen molar-refractivity contribution in [2.24, 2.45) is 11.1 Å². The summed E-state index contributed by atoms with van der Waals surface area (Å²) in [4.78, 5) is 12.1. The van der Waals surface area contributed by atoms with Gasteiger partial charge < -0.3 is 11.1 Å². The third-order valence-corrected chi connectivity index (χ3v) is 3.67. The maximum absolute atomic E-state index is 12.1. The van der Waals surface area contributed by atoms with E-state index >= 15 is 0 Å². The average Bonchev–Trinajstić information content (AvgIpc) is 2.29. The summed E-state index contributed by atoms with van der Waals surface area (Å²) in [5.74, 6) is 0.180. The van der Waals surface area contributed by atoms with Gasteiger partial charge in [-0.15, -0.1) is 0 Å². The molecule has 0 aromatic rings. The van der Waals surface area contributed by atoms with Crippen LogP contribution in [0.5, 0.6) is 0 Å². The van der Waals surface area contributed by atoms with Crippen LogP contribution in [0.25, 0.3) is 0 Å². The highest BCUT2D eigenvalue weighted by molar-refractivity contribution is 5.83. The average molecular weight is 212 g/mol. The van der Waals surface area contributed by atoms with Crippen LogP contribution in [-0.2, 0) is 4.79 Å². The lowest BCUT2D eigenvalue weighted by Crippen LogP contribution is -2.49. The molecule has 0 aromatic heterocycles. The quantitative estimate of drug-likeness (QED) is 0.746. The molecule has 0 aromatic carbocycles. The first kappa shape index (κ1) is 12.5. The Morgan fingerprint density at radius 2 is 2.00 bits per heavy atom. The number of amides is 1. The summed E-state index contributed by atoms with van der Waals surface area (Å²) in [6.07, 6.45) is 6.44. The first-order valence-electron chi connectivity index (χ1n) is 6.15. The molecule has 3 heteroatoms. The molecule has 88 valence electrons. The van der Waals surface area contributed by atoms with Crippen molar-refractivity contribution in [1.82, 2.24) is 5.32 Å². The predicted octanol–water partition coefficient (Wildman–Crippen LogP) is 1.81. The van der Waals surface area contributed by atoms with Crippen molar-refractivity contribution in [2.75, 3.05) is 6.54 Å². The highest BCUT2D eigenvalue weighted by Gasteiger charge is 2.38. The standard InChI is InChI=1S/C12H24N2O/c1-3-10(2)14-11(15)12(9-13)7-5-4-6-8-12/h10H,3-9,13H2,1-2H3,(H,14,15). The first-order valence-corrected chi connectivity index (χ1v) is 6.15. The van der Waals surface area contributed by atoms with Crippen LogP contribution in [0, 0.1) is 5.41 Å². The zero-order chi connectivity index (χ0) is 11.3. The zero-order valence-electron chi connectivity index (χ0n) is 10.0. The van der Waals surface area contributed by atoms with Crippen molar-refractivity contribution in [3.8, 4) is 0 Å². The van der Waals surface area contributed by atoms with Crippen LogP contribution in [0.2, 0.25) is 0 Å². The summed E-state index contributed by atoms with van der Waals surface area (Å²) >= 11 is 0. The number of carbonyl (C=O) groups excluding carboxylic acids is 1. The van der Waals surface area contributed by atoms with Gasteiger partial charge in [0.15, 0.2) is 0 Å². The molecule has 15 heavy (non-hydrogen) atoms. The number of hydrogen-bond donors (Lipinski definition) is 2. The van der Waals surface area contributed by atoms with Gasteiger partial charge in [0.2, 0.25) is 5.91 Å². The maximum Gasteiger partial charge on any atom is 0.227 e. The molecule has 1 unspecified atom stereocenters. The highest BCUT2D eigenvalue weighted by atomic mass is 16.2. The van der Waals surface area contributed by atoms with Crippen molar-refractivity contribution in [1.29, 1.82) is 0 Å². The molecule has 1 atom stereocenters. The largest absolute Gasteiger partial charge is 0.353 e. The number of hydrogen-bond acceptors (Lipinski definition) is 2. The molecule has 3 nitrogen and oxygen atoms in total. The third-order valence-electron chi connectivity index (χ3n) is 3.67. The van der Waals surface area contributed by atoms with Crippen molar-refractivity contribution in [3.63, 3.8) is 0 Å². The molecule has 1 aliphatic rings. The van der Waals surface area contributed by atoms with Crippen LogP contribution in [0.15, 0.2) is 0 Å². The molecule has 1 saturated carbocycles. The van der Waals surface area contributed by atoms with Gasteiger partial charge in [0.25, 0.3) is 0 Å². The van der Waals surface area contributed by atoms with E-state index in [0.29, 0.717) is 6.54 Å². The third kappa shape index (κ3) is 2.94. The molecule has 1 rings (SSSR count).